The average molecular weight is 218 g/mol. The molecule has 0 bridgehead atoms. The lowest BCUT2D eigenvalue weighted by atomic mass is 10.7. The van der Waals surface area contributed by atoms with Gasteiger partial charge in [-0.3, -0.25) is 0 Å². The molecule has 0 rings (SSSR count). The van der Waals surface area contributed by atoms with Crippen LogP contribution >= 0.6 is 0 Å². The van der Waals surface area contributed by atoms with Gasteiger partial charge in [0.2, 0.25) is 22.6 Å². The van der Waals surface area contributed by atoms with Crippen molar-refractivity contribution in [3.05, 3.63) is 12.0 Å². The maximum absolute atomic E-state index is 5.78. The highest BCUT2D eigenvalue weighted by molar-refractivity contribution is 6.71. The zero-order chi connectivity index (χ0) is 10.7. The molecule has 4 heteroatoms. The van der Waals surface area contributed by atoms with Gasteiger partial charge in [0.1, 0.15) is 0 Å². The molecule has 0 fully saturated rings. The van der Waals surface area contributed by atoms with Crippen LogP contribution in [0, 0.1) is 0 Å². The van der Waals surface area contributed by atoms with Crippen molar-refractivity contribution in [2.75, 3.05) is 0 Å². The van der Waals surface area contributed by atoms with Crippen molar-refractivity contribution in [1.82, 2.24) is 0 Å². The zero-order valence-electron chi connectivity index (χ0n) is 9.89. The van der Waals surface area contributed by atoms with Crippen LogP contribution in [0.3, 0.4) is 0 Å². The maximum Gasteiger partial charge on any atom is 0.246 e. The van der Waals surface area contributed by atoms with Gasteiger partial charge in [0.15, 0.2) is 0 Å². The van der Waals surface area contributed by atoms with Crippen LogP contribution in [0.5, 0.6) is 0 Å². The Balaban J connectivity index is 4.24. The van der Waals surface area contributed by atoms with Crippen molar-refractivity contribution in [2.24, 2.45) is 0 Å². The fraction of sp³-hybridized carbons (Fsp3) is 0.778. The highest BCUT2D eigenvalue weighted by atomic mass is 28.4. The fourth-order valence-electron chi connectivity index (χ4n) is 0.742. The van der Waals surface area contributed by atoms with Gasteiger partial charge >= 0.3 is 0 Å². The highest BCUT2D eigenvalue weighted by Gasteiger charge is 2.23. The van der Waals surface area contributed by atoms with E-state index in [2.05, 4.69) is 39.3 Å². The molecule has 0 aromatic carbocycles. The first-order valence-corrected chi connectivity index (χ1v) is 11.5. The third kappa shape index (κ3) is 8.11. The number of hydrogen-bond acceptors (Lipinski definition) is 2. The molecule has 2 nitrogen and oxygen atoms in total. The van der Waals surface area contributed by atoms with Gasteiger partial charge < -0.3 is 8.85 Å². The van der Waals surface area contributed by atoms with Gasteiger partial charge in [0, 0.05) is 0 Å². The van der Waals surface area contributed by atoms with Gasteiger partial charge in [-0.25, -0.2) is 0 Å². The molecule has 0 saturated carbocycles. The lowest BCUT2D eigenvalue weighted by Crippen LogP contribution is -2.31. The topological polar surface area (TPSA) is 18.5 Å². The van der Waals surface area contributed by atoms with Crippen LogP contribution in [0.4, 0.5) is 0 Å². The van der Waals surface area contributed by atoms with Crippen LogP contribution in [0.25, 0.3) is 0 Å². The summed E-state index contributed by atoms with van der Waals surface area (Å²) >= 11 is 0. The molecule has 0 aliphatic heterocycles. The zero-order valence-corrected chi connectivity index (χ0v) is 11.9. The Hall–Kier alpha value is -0.226. The summed E-state index contributed by atoms with van der Waals surface area (Å²) in [6.07, 6.45) is 1.91. The van der Waals surface area contributed by atoms with Crippen LogP contribution < -0.4 is 0 Å². The lowest BCUT2D eigenvalue weighted by molar-refractivity contribution is 0.215. The Kier molecular flexibility index (Phi) is 4.25. The minimum Gasteiger partial charge on any atom is -0.521 e. The van der Waals surface area contributed by atoms with Crippen molar-refractivity contribution < 1.29 is 8.85 Å². The summed E-state index contributed by atoms with van der Waals surface area (Å²) in [6.45, 7) is 14.9. The number of hydrogen-bond donors (Lipinski definition) is 0. The summed E-state index contributed by atoms with van der Waals surface area (Å²) in [5.41, 5.74) is 0. The predicted octanol–water partition coefficient (Wildman–Crippen LogP) is 3.55. The third-order valence-electron chi connectivity index (χ3n) is 1.05. The first kappa shape index (κ1) is 12.8. The second-order valence-electron chi connectivity index (χ2n) is 5.04. The Labute approximate surface area is 84.2 Å². The quantitative estimate of drug-likeness (QED) is 0.531. The van der Waals surface area contributed by atoms with Crippen LogP contribution in [0.1, 0.15) is 6.92 Å². The number of rotatable bonds is 4. The summed E-state index contributed by atoms with van der Waals surface area (Å²) in [7, 11) is -3.02. The summed E-state index contributed by atoms with van der Waals surface area (Å²) in [5.74, 6) is 0.721. The van der Waals surface area contributed by atoms with Crippen molar-refractivity contribution in [3.63, 3.8) is 0 Å². The van der Waals surface area contributed by atoms with E-state index in [1.165, 1.54) is 0 Å². The van der Waals surface area contributed by atoms with Crippen LogP contribution in [0.2, 0.25) is 39.3 Å². The van der Waals surface area contributed by atoms with Gasteiger partial charge in [-0.2, -0.15) is 0 Å². The van der Waals surface area contributed by atoms with Crippen molar-refractivity contribution in [1.29, 1.82) is 0 Å². The smallest absolute Gasteiger partial charge is 0.246 e. The van der Waals surface area contributed by atoms with Crippen LogP contribution in [-0.4, -0.2) is 16.6 Å². The Morgan fingerprint density at radius 1 is 0.846 bits per heavy atom. The van der Waals surface area contributed by atoms with Gasteiger partial charge in [0.25, 0.3) is 0 Å². The molecule has 13 heavy (non-hydrogen) atoms. The van der Waals surface area contributed by atoms with Crippen LogP contribution in [0.15, 0.2) is 12.0 Å². The molecule has 0 spiro atoms. The molecule has 0 saturated heterocycles. The Morgan fingerprint density at radius 3 is 1.31 bits per heavy atom. The largest absolute Gasteiger partial charge is 0.521 e. The molecule has 0 amide bonds. The van der Waals surface area contributed by atoms with Gasteiger partial charge in [-0.05, 0) is 52.3 Å². The Bertz CT molecular complexity index is 169. The number of allylic oxidation sites excluding steroid dienone is 1. The molecule has 0 radical (unpaired) electrons. The van der Waals surface area contributed by atoms with E-state index in [0.29, 0.717) is 0 Å². The standard InChI is InChI=1S/C9H22O2Si2/c1-8-9(10-12(2,3)4)11-13(5,6)7/h8H,1-7H3. The monoisotopic (exact) mass is 218 g/mol. The second-order valence-corrected chi connectivity index (χ2v) is 13.9. The molecule has 0 atom stereocenters. The van der Waals surface area contributed by atoms with Gasteiger partial charge in [-0.1, -0.05) is 0 Å². The first-order valence-electron chi connectivity index (χ1n) is 4.68. The summed E-state index contributed by atoms with van der Waals surface area (Å²) in [6, 6.07) is 0. The second kappa shape index (κ2) is 4.33. The molecule has 0 aromatic rings. The van der Waals surface area contributed by atoms with Crippen molar-refractivity contribution >= 4 is 16.6 Å². The van der Waals surface area contributed by atoms with E-state index < -0.39 is 16.6 Å². The molecule has 0 aliphatic carbocycles. The van der Waals surface area contributed by atoms with Gasteiger partial charge in [0.05, 0.1) is 0 Å². The average Bonchev–Trinajstić information content (AvgIpc) is 1.79. The van der Waals surface area contributed by atoms with Crippen LogP contribution in [-0.2, 0) is 8.85 Å². The molecule has 0 unspecified atom stereocenters. The normalized spacial score (nSPS) is 12.2. The molecule has 78 valence electrons. The SMILES string of the molecule is CC=C(O[Si](C)(C)C)O[Si](C)(C)C. The van der Waals surface area contributed by atoms with Gasteiger partial charge in [-0.15, -0.1) is 0 Å². The summed E-state index contributed by atoms with van der Waals surface area (Å²) in [4.78, 5) is 0. The summed E-state index contributed by atoms with van der Waals surface area (Å²) in [5, 5.41) is 0. The van der Waals surface area contributed by atoms with E-state index in [-0.39, 0.29) is 0 Å². The molecule has 0 heterocycles. The van der Waals surface area contributed by atoms with E-state index in [1.54, 1.807) is 0 Å². The van der Waals surface area contributed by atoms with E-state index in [9.17, 15) is 0 Å². The minimum atomic E-state index is -1.51. The third-order valence-corrected chi connectivity index (χ3v) is 2.68. The maximum atomic E-state index is 5.78. The summed E-state index contributed by atoms with van der Waals surface area (Å²) < 4.78 is 11.6. The fourth-order valence-corrected chi connectivity index (χ4v) is 2.35. The van der Waals surface area contributed by atoms with E-state index >= 15 is 0 Å². The molecule has 0 aromatic heterocycles. The van der Waals surface area contributed by atoms with E-state index in [1.807, 2.05) is 13.0 Å². The first-order chi connectivity index (χ1) is 5.64. The molecular weight excluding hydrogens is 196 g/mol. The molecular formula is C9H22O2Si2. The van der Waals surface area contributed by atoms with E-state index in [4.69, 9.17) is 8.85 Å². The molecule has 0 aliphatic rings. The van der Waals surface area contributed by atoms with Crippen molar-refractivity contribution in [2.45, 2.75) is 46.2 Å². The molecule has 0 N–H and O–H groups in total. The van der Waals surface area contributed by atoms with Crippen molar-refractivity contribution in [3.8, 4) is 0 Å². The predicted molar refractivity (Wildman–Crippen MR) is 62.6 cm³/mol. The minimum absolute atomic E-state index is 0.721. The lowest BCUT2D eigenvalue weighted by Gasteiger charge is -2.27. The van der Waals surface area contributed by atoms with E-state index in [0.717, 1.165) is 5.95 Å². The Morgan fingerprint density at radius 2 is 1.15 bits per heavy atom. The highest BCUT2D eigenvalue weighted by Crippen LogP contribution is 2.16.